The summed E-state index contributed by atoms with van der Waals surface area (Å²) in [4.78, 5) is 22.4. The lowest BCUT2D eigenvalue weighted by molar-refractivity contribution is -0.137. The molecule has 1 aromatic rings. The van der Waals surface area contributed by atoms with Crippen molar-refractivity contribution in [1.82, 2.24) is 5.32 Å². The summed E-state index contributed by atoms with van der Waals surface area (Å²) in [5.74, 6) is -5.42. The van der Waals surface area contributed by atoms with Gasteiger partial charge in [-0.25, -0.2) is 18.0 Å². The minimum absolute atomic E-state index is 0.0912. The standard InChI is InChI=1S/C13H13F3N2O3/c14-8-3-7(4-9(15)12(8)16)17-13(21)18-10(5-11(19)20)6-1-2-6/h3-4,6,10H,1-2,5H2,(H,19,20)(H2,17,18,21). The molecule has 1 aromatic carbocycles. The molecule has 0 aliphatic heterocycles. The smallest absolute Gasteiger partial charge is 0.319 e. The van der Waals surface area contributed by atoms with Gasteiger partial charge in [-0.15, -0.1) is 0 Å². The largest absolute Gasteiger partial charge is 0.481 e. The van der Waals surface area contributed by atoms with Crippen LogP contribution >= 0.6 is 0 Å². The van der Waals surface area contributed by atoms with Crippen molar-refractivity contribution in [2.45, 2.75) is 25.3 Å². The number of carboxylic acids is 1. The van der Waals surface area contributed by atoms with Crippen LogP contribution in [0, 0.1) is 23.4 Å². The van der Waals surface area contributed by atoms with Crippen LogP contribution in [-0.4, -0.2) is 23.1 Å². The second-order valence-corrected chi connectivity index (χ2v) is 4.89. The number of hydrogen-bond donors (Lipinski definition) is 3. The second-order valence-electron chi connectivity index (χ2n) is 4.89. The number of nitrogens with one attached hydrogen (secondary N) is 2. The van der Waals surface area contributed by atoms with Gasteiger partial charge in [0.05, 0.1) is 6.42 Å². The fraction of sp³-hybridized carbons (Fsp3) is 0.385. The van der Waals surface area contributed by atoms with E-state index in [0.29, 0.717) is 12.1 Å². The van der Waals surface area contributed by atoms with E-state index in [9.17, 15) is 22.8 Å². The second kappa shape index (κ2) is 6.02. The zero-order chi connectivity index (χ0) is 15.6. The van der Waals surface area contributed by atoms with Crippen molar-refractivity contribution >= 4 is 17.7 Å². The molecule has 1 unspecified atom stereocenters. The van der Waals surface area contributed by atoms with Gasteiger partial charge in [0.15, 0.2) is 17.5 Å². The first kappa shape index (κ1) is 15.1. The Balaban J connectivity index is 1.99. The molecule has 8 heteroatoms. The molecule has 2 amide bonds. The van der Waals surface area contributed by atoms with Gasteiger partial charge in [-0.3, -0.25) is 4.79 Å². The maximum Gasteiger partial charge on any atom is 0.319 e. The Labute approximate surface area is 118 Å². The van der Waals surface area contributed by atoms with Gasteiger partial charge in [0.1, 0.15) is 0 Å². The highest BCUT2D eigenvalue weighted by Gasteiger charge is 2.33. The molecule has 1 fully saturated rings. The summed E-state index contributed by atoms with van der Waals surface area (Å²) in [6.07, 6.45) is 1.40. The molecular weight excluding hydrogens is 289 g/mol. The van der Waals surface area contributed by atoms with E-state index in [1.807, 2.05) is 0 Å². The Bertz CT molecular complexity index is 553. The van der Waals surface area contributed by atoms with Crippen molar-refractivity contribution in [3.63, 3.8) is 0 Å². The van der Waals surface area contributed by atoms with Gasteiger partial charge >= 0.3 is 12.0 Å². The monoisotopic (exact) mass is 302 g/mol. The first-order chi connectivity index (χ1) is 9.86. The highest BCUT2D eigenvalue weighted by molar-refractivity contribution is 5.89. The van der Waals surface area contributed by atoms with Gasteiger partial charge in [0.2, 0.25) is 0 Å². The maximum absolute atomic E-state index is 13.0. The molecule has 1 saturated carbocycles. The lowest BCUT2D eigenvalue weighted by atomic mass is 10.1. The summed E-state index contributed by atoms with van der Waals surface area (Å²) in [5.41, 5.74) is -0.256. The van der Waals surface area contributed by atoms with E-state index in [1.54, 1.807) is 0 Å². The number of carbonyl (C=O) groups excluding carboxylic acids is 1. The minimum atomic E-state index is -1.62. The van der Waals surface area contributed by atoms with Crippen LogP contribution in [0.25, 0.3) is 0 Å². The van der Waals surface area contributed by atoms with Gasteiger partial charge in [0.25, 0.3) is 0 Å². The quantitative estimate of drug-likeness (QED) is 0.731. The van der Waals surface area contributed by atoms with Crippen molar-refractivity contribution in [1.29, 1.82) is 0 Å². The molecular formula is C13H13F3N2O3. The summed E-state index contributed by atoms with van der Waals surface area (Å²) >= 11 is 0. The predicted octanol–water partition coefficient (Wildman–Crippen LogP) is 2.48. The summed E-state index contributed by atoms with van der Waals surface area (Å²) in [7, 11) is 0. The maximum atomic E-state index is 13.0. The molecule has 0 radical (unpaired) electrons. The van der Waals surface area contributed by atoms with Crippen LogP contribution in [0.15, 0.2) is 12.1 Å². The summed E-state index contributed by atoms with van der Waals surface area (Å²) in [6.45, 7) is 0. The van der Waals surface area contributed by atoms with Gasteiger partial charge < -0.3 is 15.7 Å². The third kappa shape index (κ3) is 4.11. The van der Waals surface area contributed by atoms with Crippen molar-refractivity contribution in [3.05, 3.63) is 29.6 Å². The number of rotatable bonds is 5. The molecule has 0 aromatic heterocycles. The highest BCUT2D eigenvalue weighted by Crippen LogP contribution is 2.34. The number of amides is 2. The Morgan fingerprint density at radius 2 is 1.81 bits per heavy atom. The van der Waals surface area contributed by atoms with Crippen molar-refractivity contribution < 1.29 is 27.9 Å². The van der Waals surface area contributed by atoms with Crippen LogP contribution in [0.1, 0.15) is 19.3 Å². The number of carbonyl (C=O) groups is 2. The van der Waals surface area contributed by atoms with E-state index < -0.39 is 35.5 Å². The summed E-state index contributed by atoms with van der Waals surface area (Å²) < 4.78 is 38.8. The third-order valence-corrected chi connectivity index (χ3v) is 3.14. The topological polar surface area (TPSA) is 78.4 Å². The van der Waals surface area contributed by atoms with Crippen LogP contribution in [0.2, 0.25) is 0 Å². The molecule has 5 nitrogen and oxygen atoms in total. The molecule has 1 aliphatic rings. The Hall–Kier alpha value is -2.25. The highest BCUT2D eigenvalue weighted by atomic mass is 19.2. The molecule has 3 N–H and O–H groups in total. The van der Waals surface area contributed by atoms with E-state index in [4.69, 9.17) is 5.11 Å². The number of anilines is 1. The average Bonchev–Trinajstić information content (AvgIpc) is 3.18. The van der Waals surface area contributed by atoms with Crippen LogP contribution in [-0.2, 0) is 4.79 Å². The fourth-order valence-electron chi connectivity index (χ4n) is 1.99. The summed E-state index contributed by atoms with van der Waals surface area (Å²) in [5, 5.41) is 13.3. The van der Waals surface area contributed by atoms with Crippen LogP contribution < -0.4 is 10.6 Å². The van der Waals surface area contributed by atoms with Crippen molar-refractivity contribution in [2.24, 2.45) is 5.92 Å². The van der Waals surface area contributed by atoms with Crippen LogP contribution in [0.5, 0.6) is 0 Å². The third-order valence-electron chi connectivity index (χ3n) is 3.14. The van der Waals surface area contributed by atoms with E-state index >= 15 is 0 Å². The van der Waals surface area contributed by atoms with Crippen molar-refractivity contribution in [2.75, 3.05) is 5.32 Å². The first-order valence-corrected chi connectivity index (χ1v) is 6.30. The minimum Gasteiger partial charge on any atom is -0.481 e. The van der Waals surface area contributed by atoms with E-state index in [-0.39, 0.29) is 18.0 Å². The Morgan fingerprint density at radius 3 is 2.29 bits per heavy atom. The van der Waals surface area contributed by atoms with E-state index in [1.165, 1.54) is 0 Å². The Morgan fingerprint density at radius 1 is 1.24 bits per heavy atom. The van der Waals surface area contributed by atoms with E-state index in [0.717, 1.165) is 12.8 Å². The fourth-order valence-corrected chi connectivity index (χ4v) is 1.99. The number of aliphatic carboxylic acids is 1. The van der Waals surface area contributed by atoms with Gasteiger partial charge in [-0.2, -0.15) is 0 Å². The van der Waals surface area contributed by atoms with Gasteiger partial charge in [-0.1, -0.05) is 0 Å². The van der Waals surface area contributed by atoms with Gasteiger partial charge in [-0.05, 0) is 18.8 Å². The molecule has 1 aliphatic carbocycles. The lowest BCUT2D eigenvalue weighted by Crippen LogP contribution is -2.40. The summed E-state index contributed by atoms with van der Waals surface area (Å²) in [6, 6.07) is -0.0565. The average molecular weight is 302 g/mol. The zero-order valence-electron chi connectivity index (χ0n) is 10.8. The molecule has 0 bridgehead atoms. The molecule has 114 valence electrons. The Kier molecular flexibility index (Phi) is 4.35. The van der Waals surface area contributed by atoms with Crippen LogP contribution in [0.4, 0.5) is 23.7 Å². The number of urea groups is 1. The van der Waals surface area contributed by atoms with Crippen LogP contribution in [0.3, 0.4) is 0 Å². The zero-order valence-corrected chi connectivity index (χ0v) is 10.8. The number of carboxylic acid groups (broad SMARTS) is 1. The predicted molar refractivity (Wildman–Crippen MR) is 67.2 cm³/mol. The molecule has 0 saturated heterocycles. The first-order valence-electron chi connectivity index (χ1n) is 6.30. The SMILES string of the molecule is O=C(O)CC(NC(=O)Nc1cc(F)c(F)c(F)c1)C1CC1. The number of halogens is 3. The normalized spacial score (nSPS) is 15.4. The number of benzene rings is 1. The molecule has 2 rings (SSSR count). The lowest BCUT2D eigenvalue weighted by Gasteiger charge is -2.16. The molecule has 21 heavy (non-hydrogen) atoms. The van der Waals surface area contributed by atoms with Gasteiger partial charge in [0, 0.05) is 23.9 Å². The number of hydrogen-bond acceptors (Lipinski definition) is 2. The molecule has 0 heterocycles. The van der Waals surface area contributed by atoms with Crippen molar-refractivity contribution in [3.8, 4) is 0 Å². The van der Waals surface area contributed by atoms with E-state index in [2.05, 4.69) is 10.6 Å². The molecule has 1 atom stereocenters. The molecule has 0 spiro atoms.